The molecule has 0 aliphatic heterocycles. The van der Waals surface area contributed by atoms with Gasteiger partial charge in [-0.05, 0) is 18.6 Å². The first-order valence-corrected chi connectivity index (χ1v) is 8.13. The largest absolute Gasteiger partial charge is 0.360 e. The molecule has 0 fully saturated rings. The molecule has 1 amide bonds. The molecule has 0 radical (unpaired) electrons. The summed E-state index contributed by atoms with van der Waals surface area (Å²) in [7, 11) is 0. The fourth-order valence-corrected chi connectivity index (χ4v) is 2.76. The zero-order chi connectivity index (χ0) is 20.4. The summed E-state index contributed by atoms with van der Waals surface area (Å²) in [5.41, 5.74) is 0.818. The molecular formula is C18H14N4O6. The van der Waals surface area contributed by atoms with E-state index in [1.165, 1.54) is 48.7 Å². The lowest BCUT2D eigenvalue weighted by Gasteiger charge is -2.13. The van der Waals surface area contributed by atoms with E-state index in [-0.39, 0.29) is 22.3 Å². The molecule has 0 unspecified atom stereocenters. The fraction of sp³-hybridized carbons (Fsp3) is 0.111. The number of nitrogens with zero attached hydrogens (tertiary/aromatic N) is 2. The third-order valence-corrected chi connectivity index (χ3v) is 4.28. The van der Waals surface area contributed by atoms with Crippen molar-refractivity contribution >= 4 is 34.0 Å². The number of hydrogen-bond donors (Lipinski definition) is 2. The maximum absolute atomic E-state index is 12.5. The summed E-state index contributed by atoms with van der Waals surface area (Å²) in [4.78, 5) is 48.2. The van der Waals surface area contributed by atoms with E-state index in [4.69, 9.17) is 0 Å². The number of benzene rings is 2. The Hall–Kier alpha value is -4.08. The SMILES string of the molecule is C[C@H](NC(=O)C(=O)c1c[nH]c2ccc([N+](=O)[O-])cc12)c1ccc([N+](=O)[O-])cc1. The number of Topliss-reactive ketones (excluding diaryl/α,β-unsaturated/α-hetero) is 1. The van der Waals surface area contributed by atoms with Gasteiger partial charge in [-0.25, -0.2) is 0 Å². The van der Waals surface area contributed by atoms with Gasteiger partial charge in [0.15, 0.2) is 0 Å². The molecule has 2 aromatic carbocycles. The minimum absolute atomic E-state index is 0.0205. The molecule has 0 bridgehead atoms. The number of nitro benzene ring substituents is 2. The van der Waals surface area contributed by atoms with Crippen LogP contribution in [0.25, 0.3) is 10.9 Å². The summed E-state index contributed by atoms with van der Waals surface area (Å²) < 4.78 is 0. The molecule has 0 saturated carbocycles. The van der Waals surface area contributed by atoms with Crippen molar-refractivity contribution in [3.63, 3.8) is 0 Å². The van der Waals surface area contributed by atoms with Crippen LogP contribution in [-0.2, 0) is 4.79 Å². The van der Waals surface area contributed by atoms with Crippen LogP contribution in [-0.4, -0.2) is 26.5 Å². The molecule has 1 aromatic heterocycles. The minimum Gasteiger partial charge on any atom is -0.360 e. The molecule has 0 spiro atoms. The van der Waals surface area contributed by atoms with Gasteiger partial charge >= 0.3 is 0 Å². The van der Waals surface area contributed by atoms with Crippen molar-refractivity contribution in [3.8, 4) is 0 Å². The van der Waals surface area contributed by atoms with Gasteiger partial charge in [0.1, 0.15) is 0 Å². The van der Waals surface area contributed by atoms with Crippen molar-refractivity contribution in [2.24, 2.45) is 0 Å². The molecule has 3 aromatic rings. The van der Waals surface area contributed by atoms with E-state index < -0.39 is 27.6 Å². The van der Waals surface area contributed by atoms with Crippen molar-refractivity contribution < 1.29 is 19.4 Å². The van der Waals surface area contributed by atoms with Crippen LogP contribution in [0.5, 0.6) is 0 Å². The Labute approximate surface area is 157 Å². The third-order valence-electron chi connectivity index (χ3n) is 4.28. The van der Waals surface area contributed by atoms with Crippen LogP contribution in [0.3, 0.4) is 0 Å². The molecule has 2 N–H and O–H groups in total. The van der Waals surface area contributed by atoms with E-state index in [1.54, 1.807) is 6.92 Å². The number of non-ortho nitro benzene ring substituents is 2. The van der Waals surface area contributed by atoms with Crippen molar-refractivity contribution in [1.82, 2.24) is 10.3 Å². The summed E-state index contributed by atoms with van der Waals surface area (Å²) in [6, 6.07) is 9.00. The molecule has 0 saturated heterocycles. The molecule has 10 nitrogen and oxygen atoms in total. The molecule has 1 atom stereocenters. The van der Waals surface area contributed by atoms with Crippen LogP contribution in [0.15, 0.2) is 48.7 Å². The average molecular weight is 382 g/mol. The number of fused-ring (bicyclic) bond motifs is 1. The summed E-state index contributed by atoms with van der Waals surface area (Å²) in [5.74, 6) is -1.74. The average Bonchev–Trinajstić information content (AvgIpc) is 3.10. The quantitative estimate of drug-likeness (QED) is 0.290. The van der Waals surface area contributed by atoms with Crippen LogP contribution >= 0.6 is 0 Å². The number of carbonyl (C=O) groups is 2. The Bertz CT molecular complexity index is 1100. The molecule has 0 aliphatic carbocycles. The Balaban J connectivity index is 1.80. The summed E-state index contributed by atoms with van der Waals surface area (Å²) in [6.07, 6.45) is 1.33. The van der Waals surface area contributed by atoms with E-state index in [0.717, 1.165) is 0 Å². The van der Waals surface area contributed by atoms with Gasteiger partial charge in [0.25, 0.3) is 23.1 Å². The highest BCUT2D eigenvalue weighted by molar-refractivity contribution is 6.45. The van der Waals surface area contributed by atoms with Crippen molar-refractivity contribution in [1.29, 1.82) is 0 Å². The van der Waals surface area contributed by atoms with Gasteiger partial charge in [-0.2, -0.15) is 0 Å². The minimum atomic E-state index is -0.891. The van der Waals surface area contributed by atoms with E-state index in [2.05, 4.69) is 10.3 Å². The zero-order valence-electron chi connectivity index (χ0n) is 14.5. The molecule has 0 aliphatic rings. The number of aromatic amines is 1. The number of aromatic nitrogens is 1. The second-order valence-electron chi connectivity index (χ2n) is 6.06. The van der Waals surface area contributed by atoms with Crippen LogP contribution in [0.4, 0.5) is 11.4 Å². The normalized spacial score (nSPS) is 11.8. The summed E-state index contributed by atoms with van der Waals surface area (Å²) in [6.45, 7) is 1.63. The van der Waals surface area contributed by atoms with Gasteiger partial charge in [0, 0.05) is 41.4 Å². The predicted octanol–water partition coefficient (Wildman–Crippen LogP) is 3.04. The summed E-state index contributed by atoms with van der Waals surface area (Å²) in [5, 5.41) is 24.4. The Morgan fingerprint density at radius 2 is 1.61 bits per heavy atom. The van der Waals surface area contributed by atoms with Gasteiger partial charge in [-0.1, -0.05) is 12.1 Å². The standard InChI is InChI=1S/C18H14N4O6/c1-10(11-2-4-12(5-3-11)21(25)26)20-18(24)17(23)15-9-19-16-7-6-13(22(27)28)8-14(15)16/h2-10,19H,1H3,(H,20,24)/t10-/m0/s1. The number of carbonyl (C=O) groups excluding carboxylic acids is 2. The van der Waals surface area contributed by atoms with Gasteiger partial charge in [-0.3, -0.25) is 29.8 Å². The Morgan fingerprint density at radius 3 is 2.21 bits per heavy atom. The van der Waals surface area contributed by atoms with Crippen LogP contribution < -0.4 is 5.32 Å². The highest BCUT2D eigenvalue weighted by atomic mass is 16.6. The first-order valence-electron chi connectivity index (χ1n) is 8.13. The maximum atomic E-state index is 12.5. The number of nitrogens with one attached hydrogen (secondary N) is 2. The topological polar surface area (TPSA) is 148 Å². The number of H-pyrrole nitrogens is 1. The molecule has 28 heavy (non-hydrogen) atoms. The lowest BCUT2D eigenvalue weighted by atomic mass is 10.1. The highest BCUT2D eigenvalue weighted by Gasteiger charge is 2.23. The van der Waals surface area contributed by atoms with E-state index in [1.807, 2.05) is 0 Å². The van der Waals surface area contributed by atoms with Gasteiger partial charge in [0.05, 0.1) is 21.5 Å². The molecule has 10 heteroatoms. The Kier molecular flexibility index (Phi) is 4.86. The zero-order valence-corrected chi connectivity index (χ0v) is 14.5. The summed E-state index contributed by atoms with van der Waals surface area (Å²) >= 11 is 0. The number of ketones is 1. The first kappa shape index (κ1) is 18.7. The second kappa shape index (κ2) is 7.27. The van der Waals surface area contributed by atoms with Gasteiger partial charge in [-0.15, -0.1) is 0 Å². The fourth-order valence-electron chi connectivity index (χ4n) is 2.76. The van der Waals surface area contributed by atoms with E-state index >= 15 is 0 Å². The van der Waals surface area contributed by atoms with Crippen LogP contribution in [0.1, 0.15) is 28.9 Å². The van der Waals surface area contributed by atoms with Crippen molar-refractivity contribution in [3.05, 3.63) is 80.0 Å². The van der Waals surface area contributed by atoms with Crippen LogP contribution in [0.2, 0.25) is 0 Å². The Morgan fingerprint density at radius 1 is 1.00 bits per heavy atom. The molecule has 3 rings (SSSR count). The third kappa shape index (κ3) is 3.56. The van der Waals surface area contributed by atoms with Gasteiger partial charge in [0.2, 0.25) is 0 Å². The van der Waals surface area contributed by atoms with Gasteiger partial charge < -0.3 is 10.3 Å². The number of rotatable bonds is 6. The van der Waals surface area contributed by atoms with Crippen LogP contribution in [0, 0.1) is 20.2 Å². The number of amides is 1. The second-order valence-corrected chi connectivity index (χ2v) is 6.06. The predicted molar refractivity (Wildman–Crippen MR) is 98.9 cm³/mol. The maximum Gasteiger partial charge on any atom is 0.292 e. The van der Waals surface area contributed by atoms with Crippen molar-refractivity contribution in [2.75, 3.05) is 0 Å². The number of nitro groups is 2. The van der Waals surface area contributed by atoms with E-state index in [0.29, 0.717) is 11.1 Å². The molecular weight excluding hydrogens is 368 g/mol. The van der Waals surface area contributed by atoms with E-state index in [9.17, 15) is 29.8 Å². The lowest BCUT2D eigenvalue weighted by molar-refractivity contribution is -0.385. The highest BCUT2D eigenvalue weighted by Crippen LogP contribution is 2.24. The monoisotopic (exact) mass is 382 g/mol. The molecule has 1 heterocycles. The first-order chi connectivity index (χ1) is 13.3. The molecule has 142 valence electrons. The lowest BCUT2D eigenvalue weighted by Crippen LogP contribution is -2.33. The number of hydrogen-bond acceptors (Lipinski definition) is 6. The van der Waals surface area contributed by atoms with Crippen molar-refractivity contribution in [2.45, 2.75) is 13.0 Å². The smallest absolute Gasteiger partial charge is 0.292 e.